The molecule has 1 unspecified atom stereocenters. The Morgan fingerprint density at radius 2 is 1.71 bits per heavy atom. The Labute approximate surface area is 142 Å². The second-order valence-electron chi connectivity index (χ2n) is 5.67. The molecule has 0 radical (unpaired) electrons. The van der Waals surface area contributed by atoms with Crippen LogP contribution in [0.1, 0.15) is 38.2 Å². The fourth-order valence-corrected chi connectivity index (χ4v) is 3.25. The number of ketones is 1. The second-order valence-corrected chi connectivity index (χ2v) is 5.67. The van der Waals surface area contributed by atoms with Crippen LogP contribution in [0, 0.1) is 0 Å². The molecular weight excluding hydrogens is 312 g/mol. The normalized spacial score (nSPS) is 20.4. The smallest absolute Gasteiger partial charge is 0.324 e. The van der Waals surface area contributed by atoms with E-state index in [4.69, 9.17) is 18.9 Å². The van der Waals surface area contributed by atoms with E-state index in [1.807, 2.05) is 0 Å². The van der Waals surface area contributed by atoms with Crippen molar-refractivity contribution in [3.63, 3.8) is 0 Å². The van der Waals surface area contributed by atoms with Crippen molar-refractivity contribution in [2.75, 3.05) is 27.9 Å². The van der Waals surface area contributed by atoms with Crippen LogP contribution in [-0.2, 0) is 19.7 Å². The number of methoxy groups -OCH3 is 3. The summed E-state index contributed by atoms with van der Waals surface area (Å²) < 4.78 is 21.3. The van der Waals surface area contributed by atoms with Gasteiger partial charge in [0.15, 0.2) is 22.7 Å². The molecule has 0 N–H and O–H groups in total. The van der Waals surface area contributed by atoms with Gasteiger partial charge in [0.05, 0.1) is 27.9 Å². The highest BCUT2D eigenvalue weighted by Gasteiger charge is 2.50. The lowest BCUT2D eigenvalue weighted by molar-refractivity contribution is -0.155. The molecule has 132 valence electrons. The lowest BCUT2D eigenvalue weighted by atomic mass is 9.68. The van der Waals surface area contributed by atoms with Crippen molar-refractivity contribution >= 4 is 11.8 Å². The van der Waals surface area contributed by atoms with E-state index in [-0.39, 0.29) is 12.4 Å². The van der Waals surface area contributed by atoms with Crippen molar-refractivity contribution in [2.45, 2.75) is 38.0 Å². The van der Waals surface area contributed by atoms with E-state index in [1.165, 1.54) is 21.3 Å². The lowest BCUT2D eigenvalue weighted by Gasteiger charge is -2.34. The van der Waals surface area contributed by atoms with Crippen molar-refractivity contribution in [1.82, 2.24) is 0 Å². The van der Waals surface area contributed by atoms with Gasteiger partial charge in [-0.2, -0.15) is 0 Å². The van der Waals surface area contributed by atoms with Gasteiger partial charge in [-0.25, -0.2) is 0 Å². The molecular formula is C18H24O6. The summed E-state index contributed by atoms with van der Waals surface area (Å²) in [6.45, 7) is 1.95. The molecule has 1 fully saturated rings. The molecule has 1 aliphatic carbocycles. The van der Waals surface area contributed by atoms with Crippen LogP contribution in [0.2, 0.25) is 0 Å². The van der Waals surface area contributed by atoms with Crippen molar-refractivity contribution in [3.8, 4) is 17.2 Å². The molecule has 0 heterocycles. The summed E-state index contributed by atoms with van der Waals surface area (Å²) in [6, 6.07) is 3.34. The summed E-state index contributed by atoms with van der Waals surface area (Å²) >= 11 is 0. The van der Waals surface area contributed by atoms with Crippen molar-refractivity contribution < 1.29 is 28.5 Å². The Morgan fingerprint density at radius 1 is 1.08 bits per heavy atom. The van der Waals surface area contributed by atoms with E-state index in [1.54, 1.807) is 19.1 Å². The van der Waals surface area contributed by atoms with Crippen molar-refractivity contribution in [2.24, 2.45) is 0 Å². The number of carbonyl (C=O) groups is 2. The molecule has 0 saturated heterocycles. The Balaban J connectivity index is 2.66. The quantitative estimate of drug-likeness (QED) is 0.587. The minimum absolute atomic E-state index is 0.124. The SMILES string of the molecule is CCOC(=O)C1(c2cc(OC)c(OC)c(OC)c2)CCCCC1=O. The van der Waals surface area contributed by atoms with E-state index in [9.17, 15) is 9.59 Å². The first-order chi connectivity index (χ1) is 11.5. The number of rotatable bonds is 6. The zero-order valence-electron chi connectivity index (χ0n) is 14.6. The molecule has 0 amide bonds. The monoisotopic (exact) mass is 336 g/mol. The van der Waals surface area contributed by atoms with Crippen LogP contribution >= 0.6 is 0 Å². The zero-order chi connectivity index (χ0) is 17.7. The van der Waals surface area contributed by atoms with Gasteiger partial charge in [-0.1, -0.05) is 6.42 Å². The van der Waals surface area contributed by atoms with E-state index in [2.05, 4.69) is 0 Å². The van der Waals surface area contributed by atoms with Crippen LogP contribution < -0.4 is 14.2 Å². The fraction of sp³-hybridized carbons (Fsp3) is 0.556. The molecule has 2 rings (SSSR count). The molecule has 6 nitrogen and oxygen atoms in total. The number of benzene rings is 1. The first-order valence-electron chi connectivity index (χ1n) is 8.06. The summed E-state index contributed by atoms with van der Waals surface area (Å²) in [5, 5.41) is 0. The summed E-state index contributed by atoms with van der Waals surface area (Å²) in [5.74, 6) is 0.610. The van der Waals surface area contributed by atoms with E-state index >= 15 is 0 Å². The maximum atomic E-state index is 12.8. The first kappa shape index (κ1) is 18.1. The largest absolute Gasteiger partial charge is 0.493 e. The van der Waals surface area contributed by atoms with Gasteiger partial charge < -0.3 is 18.9 Å². The van der Waals surface area contributed by atoms with E-state index < -0.39 is 11.4 Å². The highest BCUT2D eigenvalue weighted by Crippen LogP contribution is 2.45. The van der Waals surface area contributed by atoms with Gasteiger partial charge in [-0.05, 0) is 37.5 Å². The van der Waals surface area contributed by atoms with Gasteiger partial charge in [0, 0.05) is 6.42 Å². The number of ether oxygens (including phenoxy) is 4. The molecule has 0 aromatic heterocycles. The predicted octanol–water partition coefficient (Wildman–Crippen LogP) is 2.66. The number of esters is 1. The molecule has 1 aromatic carbocycles. The number of Topliss-reactive ketones (excluding diaryl/α,β-unsaturated/α-hetero) is 1. The van der Waals surface area contributed by atoms with Crippen molar-refractivity contribution in [3.05, 3.63) is 17.7 Å². The standard InChI is InChI=1S/C18H24O6/c1-5-24-17(20)18(9-7-6-8-15(18)19)12-10-13(21-2)16(23-4)14(11-12)22-3/h10-11H,5-9H2,1-4H3. The number of hydrogen-bond donors (Lipinski definition) is 0. The number of hydrogen-bond acceptors (Lipinski definition) is 6. The third kappa shape index (κ3) is 2.92. The van der Waals surface area contributed by atoms with Gasteiger partial charge in [0.2, 0.25) is 5.75 Å². The van der Waals surface area contributed by atoms with E-state index in [0.29, 0.717) is 35.7 Å². The van der Waals surface area contributed by atoms with Gasteiger partial charge >= 0.3 is 5.97 Å². The van der Waals surface area contributed by atoms with Crippen LogP contribution in [-0.4, -0.2) is 39.7 Å². The highest BCUT2D eigenvalue weighted by molar-refractivity contribution is 6.10. The Bertz CT molecular complexity index is 599. The van der Waals surface area contributed by atoms with Crippen LogP contribution in [0.15, 0.2) is 12.1 Å². The molecule has 6 heteroatoms. The third-order valence-electron chi connectivity index (χ3n) is 4.46. The Hall–Kier alpha value is -2.24. The summed E-state index contributed by atoms with van der Waals surface area (Å²) in [4.78, 5) is 25.5. The zero-order valence-corrected chi connectivity index (χ0v) is 14.6. The predicted molar refractivity (Wildman–Crippen MR) is 87.9 cm³/mol. The minimum Gasteiger partial charge on any atom is -0.493 e. The second kappa shape index (κ2) is 7.55. The minimum atomic E-state index is -1.30. The average Bonchev–Trinajstić information content (AvgIpc) is 2.61. The number of carbonyl (C=O) groups excluding carboxylic acids is 2. The van der Waals surface area contributed by atoms with Crippen LogP contribution in [0.4, 0.5) is 0 Å². The molecule has 1 aromatic rings. The van der Waals surface area contributed by atoms with Crippen LogP contribution in [0.5, 0.6) is 17.2 Å². The van der Waals surface area contributed by atoms with Gasteiger partial charge in [-0.15, -0.1) is 0 Å². The molecule has 0 aliphatic heterocycles. The molecule has 24 heavy (non-hydrogen) atoms. The topological polar surface area (TPSA) is 71.1 Å². The summed E-state index contributed by atoms with van der Waals surface area (Å²) in [5.41, 5.74) is -0.777. The molecule has 1 aliphatic rings. The van der Waals surface area contributed by atoms with Gasteiger partial charge in [0.1, 0.15) is 0 Å². The first-order valence-corrected chi connectivity index (χ1v) is 8.06. The highest BCUT2D eigenvalue weighted by atomic mass is 16.5. The summed E-state index contributed by atoms with van der Waals surface area (Å²) in [7, 11) is 4.51. The average molecular weight is 336 g/mol. The van der Waals surface area contributed by atoms with Crippen LogP contribution in [0.25, 0.3) is 0 Å². The maximum Gasteiger partial charge on any atom is 0.324 e. The van der Waals surface area contributed by atoms with Gasteiger partial charge in [-0.3, -0.25) is 9.59 Å². The Morgan fingerprint density at radius 3 is 2.17 bits per heavy atom. The Kier molecular flexibility index (Phi) is 5.70. The lowest BCUT2D eigenvalue weighted by Crippen LogP contribution is -2.47. The maximum absolute atomic E-state index is 12.8. The molecule has 1 atom stereocenters. The van der Waals surface area contributed by atoms with Crippen molar-refractivity contribution in [1.29, 1.82) is 0 Å². The van der Waals surface area contributed by atoms with Crippen LogP contribution in [0.3, 0.4) is 0 Å². The van der Waals surface area contributed by atoms with Gasteiger partial charge in [0.25, 0.3) is 0 Å². The molecule has 0 spiro atoms. The molecule has 0 bridgehead atoms. The fourth-order valence-electron chi connectivity index (χ4n) is 3.25. The van der Waals surface area contributed by atoms with E-state index in [0.717, 1.165) is 12.8 Å². The molecule has 1 saturated carbocycles. The third-order valence-corrected chi connectivity index (χ3v) is 4.46. The summed E-state index contributed by atoms with van der Waals surface area (Å²) in [6.07, 6.45) is 2.34.